The Labute approximate surface area is 276 Å². The number of fused-ring (bicyclic) bond motifs is 3. The van der Waals surface area contributed by atoms with Crippen LogP contribution in [0, 0.1) is 33.1 Å². The number of rotatable bonds is 8. The molecule has 0 aliphatic carbocycles. The van der Waals surface area contributed by atoms with Gasteiger partial charge in [-0.2, -0.15) is 0 Å². The highest BCUT2D eigenvalue weighted by Gasteiger charge is 2.13. The van der Waals surface area contributed by atoms with E-state index in [9.17, 15) is 28.8 Å². The molecule has 3 aromatic heterocycles. The summed E-state index contributed by atoms with van der Waals surface area (Å²) in [4.78, 5) is 15.0. The van der Waals surface area contributed by atoms with E-state index in [2.05, 4.69) is 54.3 Å². The summed E-state index contributed by atoms with van der Waals surface area (Å²) in [5.41, 5.74) is 6.52. The molecule has 3 heterocycles. The predicted molar refractivity (Wildman–Crippen MR) is 170 cm³/mol. The van der Waals surface area contributed by atoms with Crippen molar-refractivity contribution in [1.29, 1.82) is 0 Å². The van der Waals surface area contributed by atoms with Crippen molar-refractivity contribution in [1.82, 2.24) is 35.1 Å². The molecule has 0 bridgehead atoms. The van der Waals surface area contributed by atoms with Crippen LogP contribution >= 0.6 is 11.6 Å². The molecule has 3 aromatic carbocycles. The number of aromatic nitrogens is 9. The Balaban J connectivity index is 0.000000172. The van der Waals surface area contributed by atoms with Crippen molar-refractivity contribution in [3.63, 3.8) is 0 Å². The molecule has 0 unspecified atom stereocenters. The zero-order chi connectivity index (χ0) is 34.8. The highest BCUT2D eigenvalue weighted by atomic mass is 35.5. The first-order valence-corrected chi connectivity index (χ1v) is 14.9. The molecule has 0 aliphatic heterocycles. The van der Waals surface area contributed by atoms with Crippen molar-refractivity contribution in [2.24, 2.45) is 0 Å². The van der Waals surface area contributed by atoms with Gasteiger partial charge in [-0.05, 0) is 70.3 Å². The molecule has 0 saturated carbocycles. The fraction of sp³-hybridized carbons (Fsp3) is 0.276. The van der Waals surface area contributed by atoms with Crippen molar-refractivity contribution in [3.8, 4) is 0 Å². The minimum absolute atomic E-state index is 0.173. The van der Waals surface area contributed by atoms with Gasteiger partial charge >= 0.3 is 0 Å². The van der Waals surface area contributed by atoms with Gasteiger partial charge in [0, 0.05) is 54.6 Å². The molecule has 6 rings (SSSR count). The van der Waals surface area contributed by atoms with Crippen molar-refractivity contribution < 1.29 is 27.7 Å². The smallest absolute Gasteiger partial charge is 0.290 e. The Kier molecular flexibility index (Phi) is 12.1. The van der Waals surface area contributed by atoms with Gasteiger partial charge in [-0.1, -0.05) is 13.8 Å². The average Bonchev–Trinajstić information content (AvgIpc) is 3.01. The van der Waals surface area contributed by atoms with Gasteiger partial charge in [-0.15, -0.1) is 0 Å². The summed E-state index contributed by atoms with van der Waals surface area (Å²) in [6.45, 7) is 7.88. The summed E-state index contributed by atoms with van der Waals surface area (Å²) in [5, 5.41) is 47.3. The monoisotopic (exact) mass is 686 g/mol. The minimum Gasteiger partial charge on any atom is -0.594 e. The van der Waals surface area contributed by atoms with E-state index >= 15 is 0 Å². The number of nitrogens with one attached hydrogen (secondary N) is 1. The largest absolute Gasteiger partial charge is 0.594 e. The molecule has 19 heteroatoms. The number of nitrogen functional groups attached to an aromatic ring is 1. The molecule has 48 heavy (non-hydrogen) atoms. The topological polar surface area (TPSA) is 199 Å². The van der Waals surface area contributed by atoms with Crippen LogP contribution in [0.15, 0.2) is 54.6 Å². The van der Waals surface area contributed by atoms with Crippen LogP contribution in [-0.2, 0) is 0 Å². The van der Waals surface area contributed by atoms with E-state index in [1.165, 1.54) is 30.3 Å². The molecule has 3 N–H and O–H groups in total. The molecule has 0 fully saturated rings. The van der Waals surface area contributed by atoms with Gasteiger partial charge < -0.3 is 31.6 Å². The second-order valence-corrected chi connectivity index (χ2v) is 10.4. The lowest BCUT2D eigenvalue weighted by atomic mass is 10.3. The van der Waals surface area contributed by atoms with E-state index in [0.717, 1.165) is 56.7 Å². The second-order valence-electron chi connectivity index (χ2n) is 10.1. The third-order valence-electron chi connectivity index (χ3n) is 6.45. The lowest BCUT2D eigenvalue weighted by Gasteiger charge is -2.20. The lowest BCUT2D eigenvalue weighted by Crippen LogP contribution is -2.35. The number of hydrogen-bond acceptors (Lipinski definition) is 12. The van der Waals surface area contributed by atoms with Crippen LogP contribution in [0.2, 0.25) is 5.28 Å². The highest BCUT2D eigenvalue weighted by Crippen LogP contribution is 2.12. The van der Waals surface area contributed by atoms with Crippen molar-refractivity contribution >= 4 is 56.6 Å². The molecule has 0 atom stereocenters. The average molecular weight is 687 g/mol. The zero-order valence-electron chi connectivity index (χ0n) is 25.7. The Morgan fingerprint density at radius 3 is 1.67 bits per heavy atom. The Morgan fingerprint density at radius 2 is 1.15 bits per heavy atom. The van der Waals surface area contributed by atoms with Crippen LogP contribution in [0.1, 0.15) is 26.7 Å². The molecule has 0 spiro atoms. The number of hydrogen-bond donors (Lipinski definition) is 2. The van der Waals surface area contributed by atoms with Crippen LogP contribution in [0.3, 0.4) is 0 Å². The molecular formula is C29H30ClF3N12O3. The van der Waals surface area contributed by atoms with Gasteiger partial charge in [0.05, 0.1) is 10.2 Å². The Morgan fingerprint density at radius 1 is 0.688 bits per heavy atom. The van der Waals surface area contributed by atoms with Crippen LogP contribution in [-0.4, -0.2) is 61.3 Å². The summed E-state index contributed by atoms with van der Waals surface area (Å²) in [5.74, 6) is -1.31. The molecule has 6 aromatic rings. The fourth-order valence-corrected chi connectivity index (χ4v) is 4.59. The van der Waals surface area contributed by atoms with Crippen LogP contribution in [0.5, 0.6) is 0 Å². The SMILES string of the molecule is CCCN(CCC)CCNc1nc2cc(F)ccc2[n+]([O-])n1.Nc1nc2cc(F)ccc2[n+]([O-])n1.[O-][n+]1nc(Cl)nc2cc(F)ccc21. The van der Waals surface area contributed by atoms with Gasteiger partial charge in [-0.3, -0.25) is 0 Å². The summed E-state index contributed by atoms with van der Waals surface area (Å²) in [7, 11) is 0. The lowest BCUT2D eigenvalue weighted by molar-refractivity contribution is -0.643. The van der Waals surface area contributed by atoms with E-state index in [1.807, 2.05) is 0 Å². The number of nitrogens with two attached hydrogens (primary N) is 1. The van der Waals surface area contributed by atoms with Gasteiger partial charge in [0.2, 0.25) is 0 Å². The third-order valence-corrected chi connectivity index (χ3v) is 6.61. The van der Waals surface area contributed by atoms with Crippen molar-refractivity contribution in [3.05, 3.63) is 93.0 Å². The zero-order valence-corrected chi connectivity index (χ0v) is 26.5. The van der Waals surface area contributed by atoms with Gasteiger partial charge in [0.1, 0.15) is 34.0 Å². The number of benzene rings is 3. The molecule has 0 radical (unpaired) electrons. The molecule has 0 aliphatic rings. The third kappa shape index (κ3) is 9.52. The number of halogens is 4. The maximum Gasteiger partial charge on any atom is 0.290 e. The normalized spacial score (nSPS) is 10.9. The Hall–Kier alpha value is -5.49. The predicted octanol–water partition coefficient (Wildman–Crippen LogP) is 2.98. The molecule has 15 nitrogen and oxygen atoms in total. The van der Waals surface area contributed by atoms with Crippen molar-refractivity contribution in [2.45, 2.75) is 26.7 Å². The molecule has 0 amide bonds. The number of anilines is 2. The van der Waals surface area contributed by atoms with Gasteiger partial charge in [0.25, 0.3) is 33.7 Å². The maximum atomic E-state index is 13.2. The molecule has 252 valence electrons. The van der Waals surface area contributed by atoms with Crippen LogP contribution in [0.25, 0.3) is 33.1 Å². The van der Waals surface area contributed by atoms with E-state index in [4.69, 9.17) is 17.3 Å². The molecule has 0 saturated heterocycles. The Bertz CT molecular complexity index is 1920. The maximum absolute atomic E-state index is 13.2. The van der Waals surface area contributed by atoms with Crippen molar-refractivity contribution in [2.75, 3.05) is 37.2 Å². The highest BCUT2D eigenvalue weighted by molar-refractivity contribution is 6.28. The molecular weight excluding hydrogens is 657 g/mol. The first-order chi connectivity index (χ1) is 23.0. The summed E-state index contributed by atoms with van der Waals surface area (Å²) in [6.07, 6.45) is 2.21. The quantitative estimate of drug-likeness (QED) is 0.175. The minimum atomic E-state index is -0.470. The summed E-state index contributed by atoms with van der Waals surface area (Å²) in [6, 6.07) is 11.0. The summed E-state index contributed by atoms with van der Waals surface area (Å²) >= 11 is 5.41. The van der Waals surface area contributed by atoms with E-state index in [1.54, 1.807) is 0 Å². The first kappa shape index (κ1) is 35.4. The number of nitrogens with zero attached hydrogens (tertiary/aromatic N) is 10. The van der Waals surface area contributed by atoms with Crippen LogP contribution < -0.4 is 25.6 Å². The van der Waals surface area contributed by atoms with E-state index in [-0.39, 0.29) is 44.8 Å². The fourth-order valence-electron chi connectivity index (χ4n) is 4.43. The first-order valence-electron chi connectivity index (χ1n) is 14.6. The summed E-state index contributed by atoms with van der Waals surface area (Å²) < 4.78 is 38.6. The van der Waals surface area contributed by atoms with Gasteiger partial charge in [0.15, 0.2) is 0 Å². The standard InChI is InChI=1S/C15H22FN5O.C7H3ClFN3O.C7H5FN4O/c1-3-8-20(9-4-2)10-7-17-15-18-13-11-12(16)5-6-14(13)21(22)19-15;8-7-10-5-3-4(9)1-2-6(5)12(13)11-7;8-4-1-2-6-5(3-4)10-7(9)11-12(6)13/h5-6,11H,3-4,7-10H2,1-2H3,(H,17,18,19);1-3H;1-3H,(H2,9,10,11). The van der Waals surface area contributed by atoms with E-state index < -0.39 is 17.5 Å². The van der Waals surface area contributed by atoms with Crippen LogP contribution in [0.4, 0.5) is 25.1 Å². The van der Waals surface area contributed by atoms with Gasteiger partial charge in [-0.25, -0.2) is 28.1 Å². The second kappa shape index (κ2) is 16.4. The van der Waals surface area contributed by atoms with E-state index in [0.29, 0.717) is 26.6 Å².